The summed E-state index contributed by atoms with van der Waals surface area (Å²) in [5.41, 5.74) is 0.902. The average Bonchev–Trinajstić information content (AvgIpc) is 2.14. The second-order valence-corrected chi connectivity index (χ2v) is 19.5. The second kappa shape index (κ2) is 4.76. The Labute approximate surface area is 101 Å². The number of halogens is 1. The summed E-state index contributed by atoms with van der Waals surface area (Å²) in [6, 6.07) is 6.02. The van der Waals surface area contributed by atoms with Crippen LogP contribution < -0.4 is 14.4 Å². The molecule has 2 N–H and O–H groups in total. The van der Waals surface area contributed by atoms with E-state index >= 15 is 0 Å². The van der Waals surface area contributed by atoms with Crippen molar-refractivity contribution >= 4 is 39.2 Å². The number of nitrogens with zero attached hydrogens (tertiary/aromatic N) is 1. The predicted octanol–water partition coefficient (Wildman–Crippen LogP) is 2.71. The fourth-order valence-electron chi connectivity index (χ4n) is 1.26. The molecule has 0 saturated carbocycles. The van der Waals surface area contributed by atoms with Crippen LogP contribution in [0.4, 0.5) is 5.69 Å². The van der Waals surface area contributed by atoms with Crippen LogP contribution in [-0.4, -0.2) is 18.4 Å². The Hall–Kier alpha value is -0.191. The van der Waals surface area contributed by atoms with E-state index in [1.54, 1.807) is 6.20 Å². The van der Waals surface area contributed by atoms with Crippen molar-refractivity contribution in [1.29, 1.82) is 0 Å². The SMILES string of the molecule is C=CN(N)c1cc(Cl)c[c]([Sn]([CH3])([CH3])[CH3])c1. The molecule has 0 unspecified atom stereocenters. The Balaban J connectivity index is 3.22. The molecule has 4 heteroatoms. The summed E-state index contributed by atoms with van der Waals surface area (Å²) in [4.78, 5) is 7.04. The van der Waals surface area contributed by atoms with E-state index in [2.05, 4.69) is 33.5 Å². The molecule has 0 saturated heterocycles. The molecule has 0 aliphatic heterocycles. The Morgan fingerprint density at radius 2 is 1.93 bits per heavy atom. The van der Waals surface area contributed by atoms with Gasteiger partial charge in [0.15, 0.2) is 0 Å². The number of hydrazine groups is 1. The van der Waals surface area contributed by atoms with Gasteiger partial charge in [-0.05, 0) is 0 Å². The van der Waals surface area contributed by atoms with Crippen LogP contribution in [-0.2, 0) is 0 Å². The van der Waals surface area contributed by atoms with Gasteiger partial charge in [0.25, 0.3) is 0 Å². The number of rotatable bonds is 3. The van der Waals surface area contributed by atoms with Gasteiger partial charge in [-0.3, -0.25) is 0 Å². The van der Waals surface area contributed by atoms with Crippen molar-refractivity contribution in [2.45, 2.75) is 14.8 Å². The minimum absolute atomic E-state index is 0.742. The zero-order valence-corrected chi connectivity index (χ0v) is 13.0. The molecule has 1 aromatic rings. The first-order valence-corrected chi connectivity index (χ1v) is 15.2. The molecule has 0 aliphatic rings. The molecule has 0 aromatic heterocycles. The quantitative estimate of drug-likeness (QED) is 0.524. The molecule has 0 aliphatic carbocycles. The van der Waals surface area contributed by atoms with Crippen LogP contribution in [0.3, 0.4) is 0 Å². The third-order valence-electron chi connectivity index (χ3n) is 2.24. The number of hydrogen-bond donors (Lipinski definition) is 1. The van der Waals surface area contributed by atoms with Crippen molar-refractivity contribution in [2.24, 2.45) is 5.84 Å². The Morgan fingerprint density at radius 3 is 2.40 bits per heavy atom. The van der Waals surface area contributed by atoms with Gasteiger partial charge in [0.05, 0.1) is 0 Å². The van der Waals surface area contributed by atoms with Crippen LogP contribution in [0, 0.1) is 0 Å². The van der Waals surface area contributed by atoms with Crippen molar-refractivity contribution in [3.05, 3.63) is 36.0 Å². The van der Waals surface area contributed by atoms with Gasteiger partial charge >= 0.3 is 101 Å². The van der Waals surface area contributed by atoms with Crippen molar-refractivity contribution < 1.29 is 0 Å². The first-order valence-electron chi connectivity index (χ1n) is 4.82. The van der Waals surface area contributed by atoms with E-state index < -0.39 is 18.4 Å². The van der Waals surface area contributed by atoms with E-state index in [-0.39, 0.29) is 0 Å². The maximum atomic E-state index is 6.07. The predicted molar refractivity (Wildman–Crippen MR) is 71.3 cm³/mol. The third-order valence-corrected chi connectivity index (χ3v) is 8.23. The number of anilines is 1. The molecule has 0 amide bonds. The van der Waals surface area contributed by atoms with Crippen molar-refractivity contribution in [3.8, 4) is 0 Å². The van der Waals surface area contributed by atoms with Crippen LogP contribution in [0.25, 0.3) is 0 Å². The van der Waals surface area contributed by atoms with Gasteiger partial charge in [-0.15, -0.1) is 0 Å². The summed E-state index contributed by atoms with van der Waals surface area (Å²) in [6.07, 6.45) is 1.58. The summed E-state index contributed by atoms with van der Waals surface area (Å²) in [7, 11) is 0. The summed E-state index contributed by atoms with van der Waals surface area (Å²) in [5.74, 6) is 5.76. The van der Waals surface area contributed by atoms with E-state index in [9.17, 15) is 0 Å². The molecule has 0 spiro atoms. The molecule has 2 nitrogen and oxygen atoms in total. The minimum atomic E-state index is -2.08. The molecule has 82 valence electrons. The molecule has 1 rings (SSSR count). The molecular weight excluding hydrogens is 314 g/mol. The standard InChI is InChI=1S/C8H8ClN2.3CH3.Sn/c1-2-11(10)8-5-3-4-7(9)6-8;;;;/h2,4-6H,1,10H2;3*1H3;. The van der Waals surface area contributed by atoms with Gasteiger partial charge in [0.2, 0.25) is 0 Å². The summed E-state index contributed by atoms with van der Waals surface area (Å²) in [6.45, 7) is 3.63. The monoisotopic (exact) mass is 332 g/mol. The van der Waals surface area contributed by atoms with Crippen LogP contribution in [0.15, 0.2) is 31.0 Å². The van der Waals surface area contributed by atoms with Crippen LogP contribution in [0.5, 0.6) is 0 Å². The Morgan fingerprint density at radius 1 is 1.33 bits per heavy atom. The fraction of sp³-hybridized carbons (Fsp3) is 0.273. The molecule has 0 bridgehead atoms. The van der Waals surface area contributed by atoms with Gasteiger partial charge in [-0.2, -0.15) is 0 Å². The van der Waals surface area contributed by atoms with Gasteiger partial charge in [0, 0.05) is 0 Å². The summed E-state index contributed by atoms with van der Waals surface area (Å²) in [5, 5.41) is 2.24. The molecule has 0 fully saturated rings. The second-order valence-electron chi connectivity index (χ2n) is 4.54. The number of nitrogens with two attached hydrogens (primary N) is 1. The van der Waals surface area contributed by atoms with Gasteiger partial charge < -0.3 is 0 Å². The van der Waals surface area contributed by atoms with E-state index in [1.807, 2.05) is 6.07 Å². The molecule has 0 atom stereocenters. The van der Waals surface area contributed by atoms with E-state index in [4.69, 9.17) is 17.4 Å². The van der Waals surface area contributed by atoms with Gasteiger partial charge in [-0.1, -0.05) is 0 Å². The normalized spacial score (nSPS) is 11.3. The van der Waals surface area contributed by atoms with E-state index in [1.165, 1.54) is 8.59 Å². The van der Waals surface area contributed by atoms with E-state index in [0.717, 1.165) is 10.7 Å². The maximum absolute atomic E-state index is 6.07. The molecule has 0 heterocycles. The molecule has 1 aromatic carbocycles. The van der Waals surface area contributed by atoms with Crippen LogP contribution >= 0.6 is 11.6 Å². The molecular formula is C11H17ClN2Sn. The average molecular weight is 331 g/mol. The molecule has 0 radical (unpaired) electrons. The van der Waals surface area contributed by atoms with E-state index in [0.29, 0.717) is 0 Å². The Bertz CT molecular complexity index is 371. The van der Waals surface area contributed by atoms with Crippen molar-refractivity contribution in [1.82, 2.24) is 0 Å². The van der Waals surface area contributed by atoms with Crippen LogP contribution in [0.1, 0.15) is 0 Å². The van der Waals surface area contributed by atoms with Crippen molar-refractivity contribution in [2.75, 3.05) is 5.01 Å². The third kappa shape index (κ3) is 3.40. The number of hydrogen-bond acceptors (Lipinski definition) is 2. The first-order chi connectivity index (χ1) is 6.84. The van der Waals surface area contributed by atoms with Crippen LogP contribution in [0.2, 0.25) is 19.8 Å². The van der Waals surface area contributed by atoms with Crippen molar-refractivity contribution in [3.63, 3.8) is 0 Å². The fourth-order valence-corrected chi connectivity index (χ4v) is 5.09. The Kier molecular flexibility index (Phi) is 4.09. The first kappa shape index (κ1) is 12.9. The van der Waals surface area contributed by atoms with Gasteiger partial charge in [-0.25, -0.2) is 0 Å². The summed E-state index contributed by atoms with van der Waals surface area (Å²) >= 11 is 4.00. The summed E-state index contributed by atoms with van der Waals surface area (Å²) < 4.78 is 1.36. The van der Waals surface area contributed by atoms with Gasteiger partial charge in [0.1, 0.15) is 0 Å². The topological polar surface area (TPSA) is 29.3 Å². The zero-order chi connectivity index (χ0) is 11.6. The molecule has 15 heavy (non-hydrogen) atoms. The number of benzene rings is 1. The zero-order valence-electron chi connectivity index (χ0n) is 9.42.